The second-order valence-corrected chi connectivity index (χ2v) is 4.59. The maximum absolute atomic E-state index is 5.07. The summed E-state index contributed by atoms with van der Waals surface area (Å²) in [6.07, 6.45) is 2.57. The van der Waals surface area contributed by atoms with E-state index in [9.17, 15) is 0 Å². The third-order valence-electron chi connectivity index (χ3n) is 2.54. The molecule has 2 aromatic heterocycles. The van der Waals surface area contributed by atoms with Gasteiger partial charge in [-0.25, -0.2) is 9.97 Å². The lowest BCUT2D eigenvalue weighted by Crippen LogP contribution is -2.08. The molecule has 0 atom stereocenters. The van der Waals surface area contributed by atoms with Crippen LogP contribution in [-0.4, -0.2) is 33.5 Å². The molecule has 0 spiro atoms. The Bertz CT molecular complexity index is 527. The molecule has 0 saturated heterocycles. The number of hydrogen-bond acceptors (Lipinski definition) is 4. The first kappa shape index (κ1) is 13.2. The van der Waals surface area contributed by atoms with Gasteiger partial charge >= 0.3 is 0 Å². The first-order chi connectivity index (χ1) is 8.74. The molecule has 2 aromatic rings. The highest BCUT2D eigenvalue weighted by Gasteiger charge is 2.09. The zero-order valence-corrected chi connectivity index (χ0v) is 12.0. The zero-order valence-electron chi connectivity index (χ0n) is 10.4. The third kappa shape index (κ3) is 2.94. The van der Waals surface area contributed by atoms with Crippen LogP contribution in [0.1, 0.15) is 12.7 Å². The fourth-order valence-corrected chi connectivity index (χ4v) is 2.08. The van der Waals surface area contributed by atoms with Crippen LogP contribution in [0.25, 0.3) is 11.4 Å². The summed E-state index contributed by atoms with van der Waals surface area (Å²) in [6.45, 7) is 3.37. The smallest absolute Gasteiger partial charge is 0.130 e. The van der Waals surface area contributed by atoms with Crippen molar-refractivity contribution in [1.29, 1.82) is 0 Å². The lowest BCUT2D eigenvalue weighted by atomic mass is 10.3. The van der Waals surface area contributed by atoms with E-state index in [1.54, 1.807) is 13.3 Å². The molecule has 5 nitrogen and oxygen atoms in total. The van der Waals surface area contributed by atoms with Crippen molar-refractivity contribution in [3.05, 3.63) is 28.8 Å². The standard InChI is InChI=1S/C12H15BrN4O/c1-3-12-15-9(8-11(13)16-12)10-4-5-14-17(10)6-7-18-2/h4-5,8H,3,6-7H2,1-2H3. The van der Waals surface area contributed by atoms with Crippen molar-refractivity contribution in [1.82, 2.24) is 19.7 Å². The molecule has 2 rings (SSSR count). The molecule has 0 saturated carbocycles. The van der Waals surface area contributed by atoms with Crippen molar-refractivity contribution in [2.75, 3.05) is 13.7 Å². The van der Waals surface area contributed by atoms with Gasteiger partial charge in [-0.2, -0.15) is 5.10 Å². The van der Waals surface area contributed by atoms with Gasteiger partial charge in [-0.15, -0.1) is 0 Å². The van der Waals surface area contributed by atoms with Crippen LogP contribution in [-0.2, 0) is 17.7 Å². The Morgan fingerprint density at radius 2 is 2.22 bits per heavy atom. The van der Waals surface area contributed by atoms with Gasteiger partial charge in [-0.1, -0.05) is 6.92 Å². The Morgan fingerprint density at radius 1 is 1.39 bits per heavy atom. The fraction of sp³-hybridized carbons (Fsp3) is 0.417. The molecule has 6 heteroatoms. The topological polar surface area (TPSA) is 52.8 Å². The minimum absolute atomic E-state index is 0.627. The highest BCUT2D eigenvalue weighted by atomic mass is 79.9. The number of ether oxygens (including phenoxy) is 1. The quantitative estimate of drug-likeness (QED) is 0.795. The predicted molar refractivity (Wildman–Crippen MR) is 72.2 cm³/mol. The van der Waals surface area contributed by atoms with Gasteiger partial charge < -0.3 is 4.74 Å². The SMILES string of the molecule is CCc1nc(Br)cc(-c2ccnn2CCOC)n1. The summed E-state index contributed by atoms with van der Waals surface area (Å²) in [6, 6.07) is 3.85. The van der Waals surface area contributed by atoms with Crippen LogP contribution in [0.2, 0.25) is 0 Å². The molecule has 0 fully saturated rings. The molecule has 18 heavy (non-hydrogen) atoms. The lowest BCUT2D eigenvalue weighted by molar-refractivity contribution is 0.184. The third-order valence-corrected chi connectivity index (χ3v) is 2.95. The van der Waals surface area contributed by atoms with Crippen molar-refractivity contribution in [3.8, 4) is 11.4 Å². The Balaban J connectivity index is 2.36. The van der Waals surface area contributed by atoms with E-state index in [2.05, 4.69) is 31.0 Å². The van der Waals surface area contributed by atoms with Gasteiger partial charge in [-0.05, 0) is 28.1 Å². The van der Waals surface area contributed by atoms with Gasteiger partial charge in [0.05, 0.1) is 24.5 Å². The minimum atomic E-state index is 0.627. The summed E-state index contributed by atoms with van der Waals surface area (Å²) in [5, 5.41) is 4.28. The molecule has 0 unspecified atom stereocenters. The van der Waals surface area contributed by atoms with E-state index < -0.39 is 0 Å². The van der Waals surface area contributed by atoms with Crippen LogP contribution in [0.3, 0.4) is 0 Å². The maximum atomic E-state index is 5.07. The number of halogens is 1. The summed E-state index contributed by atoms with van der Waals surface area (Å²) in [4.78, 5) is 8.83. The molecule has 0 aliphatic rings. The molecule has 96 valence electrons. The van der Waals surface area contributed by atoms with Crippen molar-refractivity contribution >= 4 is 15.9 Å². The van der Waals surface area contributed by atoms with Crippen molar-refractivity contribution in [3.63, 3.8) is 0 Å². The predicted octanol–water partition coefficient (Wildman–Crippen LogP) is 2.31. The van der Waals surface area contributed by atoms with Crippen LogP contribution in [0.4, 0.5) is 0 Å². The highest BCUT2D eigenvalue weighted by Crippen LogP contribution is 2.20. The van der Waals surface area contributed by atoms with Crippen molar-refractivity contribution in [2.45, 2.75) is 19.9 Å². The van der Waals surface area contributed by atoms with Crippen LogP contribution < -0.4 is 0 Å². The summed E-state index contributed by atoms with van der Waals surface area (Å²) in [5.41, 5.74) is 1.85. The average Bonchev–Trinajstić information content (AvgIpc) is 2.83. The van der Waals surface area contributed by atoms with Gasteiger partial charge in [0.15, 0.2) is 0 Å². The Hall–Kier alpha value is -1.27. The van der Waals surface area contributed by atoms with E-state index >= 15 is 0 Å². The Kier molecular flexibility index (Phi) is 4.43. The Morgan fingerprint density at radius 3 is 2.94 bits per heavy atom. The van der Waals surface area contributed by atoms with Crippen LogP contribution in [0.5, 0.6) is 0 Å². The van der Waals surface area contributed by atoms with E-state index in [0.29, 0.717) is 13.2 Å². The molecule has 2 heterocycles. The fourth-order valence-electron chi connectivity index (χ4n) is 1.66. The van der Waals surface area contributed by atoms with Gasteiger partial charge in [0.2, 0.25) is 0 Å². The first-order valence-electron chi connectivity index (χ1n) is 5.79. The molecule has 0 aliphatic heterocycles. The largest absolute Gasteiger partial charge is 0.383 e. The second kappa shape index (κ2) is 6.06. The number of aryl methyl sites for hydroxylation is 1. The number of aromatic nitrogens is 4. The molecule has 0 aromatic carbocycles. The minimum Gasteiger partial charge on any atom is -0.383 e. The number of hydrogen-bond donors (Lipinski definition) is 0. The molecule has 0 radical (unpaired) electrons. The average molecular weight is 311 g/mol. The monoisotopic (exact) mass is 310 g/mol. The van der Waals surface area contributed by atoms with Crippen LogP contribution in [0.15, 0.2) is 22.9 Å². The zero-order chi connectivity index (χ0) is 13.0. The number of methoxy groups -OCH3 is 1. The maximum Gasteiger partial charge on any atom is 0.130 e. The van der Waals surface area contributed by atoms with Gasteiger partial charge in [0, 0.05) is 19.7 Å². The molecule has 0 amide bonds. The summed E-state index contributed by atoms with van der Waals surface area (Å²) >= 11 is 3.41. The molecular formula is C12H15BrN4O. The molecule has 0 aliphatic carbocycles. The Labute approximate surface area is 114 Å². The van der Waals surface area contributed by atoms with Crippen molar-refractivity contribution in [2.24, 2.45) is 0 Å². The summed E-state index contributed by atoms with van der Waals surface area (Å²) < 4.78 is 7.75. The summed E-state index contributed by atoms with van der Waals surface area (Å²) in [7, 11) is 1.68. The van der Waals surface area contributed by atoms with E-state index in [4.69, 9.17) is 4.74 Å². The number of nitrogens with zero attached hydrogens (tertiary/aromatic N) is 4. The second-order valence-electron chi connectivity index (χ2n) is 3.78. The van der Waals surface area contributed by atoms with Crippen LogP contribution in [0, 0.1) is 0 Å². The first-order valence-corrected chi connectivity index (χ1v) is 6.58. The van der Waals surface area contributed by atoms with Gasteiger partial charge in [0.1, 0.15) is 10.4 Å². The van der Waals surface area contributed by atoms with Gasteiger partial charge in [-0.3, -0.25) is 4.68 Å². The summed E-state index contributed by atoms with van der Waals surface area (Å²) in [5.74, 6) is 0.818. The van der Waals surface area contributed by atoms with E-state index in [-0.39, 0.29) is 0 Å². The normalized spacial score (nSPS) is 10.8. The van der Waals surface area contributed by atoms with Crippen molar-refractivity contribution < 1.29 is 4.74 Å². The van der Waals surface area contributed by atoms with E-state index in [1.165, 1.54) is 0 Å². The highest BCUT2D eigenvalue weighted by molar-refractivity contribution is 9.10. The number of rotatable bonds is 5. The molecular weight excluding hydrogens is 296 g/mol. The van der Waals surface area contributed by atoms with E-state index in [1.807, 2.05) is 23.7 Å². The van der Waals surface area contributed by atoms with Gasteiger partial charge in [0.25, 0.3) is 0 Å². The van der Waals surface area contributed by atoms with E-state index in [0.717, 1.165) is 28.2 Å². The molecule has 0 bridgehead atoms. The van der Waals surface area contributed by atoms with Crippen LogP contribution >= 0.6 is 15.9 Å². The molecule has 0 N–H and O–H groups in total. The lowest BCUT2D eigenvalue weighted by Gasteiger charge is -2.07.